The van der Waals surface area contributed by atoms with Gasteiger partial charge in [-0.25, -0.2) is 13.8 Å². The third-order valence-electron chi connectivity index (χ3n) is 5.39. The molecule has 2 heterocycles. The van der Waals surface area contributed by atoms with Gasteiger partial charge in [-0.2, -0.15) is 0 Å². The lowest BCUT2D eigenvalue weighted by atomic mass is 9.82. The maximum Gasteiger partial charge on any atom is 0.133 e. The van der Waals surface area contributed by atoms with Crippen molar-refractivity contribution in [2.75, 3.05) is 0 Å². The predicted octanol–water partition coefficient (Wildman–Crippen LogP) is 4.06. The number of aromatic nitrogens is 2. The highest BCUT2D eigenvalue weighted by Gasteiger charge is 2.36. The number of fused-ring (bicyclic) bond motifs is 3. The summed E-state index contributed by atoms with van der Waals surface area (Å²) in [6, 6.07) is 1.95. The summed E-state index contributed by atoms with van der Waals surface area (Å²) in [5.74, 6) is -0.583. The van der Waals surface area contributed by atoms with E-state index in [1.807, 2.05) is 0 Å². The van der Waals surface area contributed by atoms with Crippen molar-refractivity contribution in [3.05, 3.63) is 41.9 Å². The molecule has 1 saturated carbocycles. The monoisotopic (exact) mass is 318 g/mol. The van der Waals surface area contributed by atoms with E-state index in [2.05, 4.69) is 4.98 Å². The lowest BCUT2D eigenvalue weighted by molar-refractivity contribution is 0.0683. The number of hydrogen-bond donors (Lipinski definition) is 1. The van der Waals surface area contributed by atoms with E-state index in [4.69, 9.17) is 0 Å². The number of aliphatic hydroxyl groups is 1. The lowest BCUT2D eigenvalue weighted by Gasteiger charge is -2.29. The molecular weight excluding hydrogens is 298 g/mol. The molecule has 1 N–H and O–H groups in total. The molecule has 0 spiro atoms. The summed E-state index contributed by atoms with van der Waals surface area (Å²) >= 11 is 0. The van der Waals surface area contributed by atoms with Gasteiger partial charge in [0.15, 0.2) is 0 Å². The van der Waals surface area contributed by atoms with Crippen molar-refractivity contribution in [3.8, 4) is 11.3 Å². The standard InChI is InChI=1S/C18H20F2N2O/c19-12-6-7-13(20)18-15-9-21-10-22(15)14(17(12)18)8-16(23)11-4-2-1-3-5-11/h6-7,9-11,14,16,23H,1-5,8H2. The molecule has 1 fully saturated rings. The third kappa shape index (κ3) is 2.38. The molecule has 0 saturated heterocycles. The van der Waals surface area contributed by atoms with E-state index in [0.29, 0.717) is 23.2 Å². The first-order chi connectivity index (χ1) is 11.2. The van der Waals surface area contributed by atoms with Crippen molar-refractivity contribution < 1.29 is 13.9 Å². The fourth-order valence-corrected chi connectivity index (χ4v) is 4.21. The molecule has 5 heteroatoms. The Morgan fingerprint density at radius 3 is 2.70 bits per heavy atom. The van der Waals surface area contributed by atoms with E-state index in [1.54, 1.807) is 17.1 Å². The van der Waals surface area contributed by atoms with Crippen LogP contribution in [0.15, 0.2) is 24.7 Å². The van der Waals surface area contributed by atoms with Crippen LogP contribution in [0.4, 0.5) is 8.78 Å². The van der Waals surface area contributed by atoms with Crippen LogP contribution < -0.4 is 0 Å². The quantitative estimate of drug-likeness (QED) is 0.926. The SMILES string of the molecule is OC(CC1c2c(F)ccc(F)c2-c2cncn21)C1CCCCC1. The van der Waals surface area contributed by atoms with Crippen molar-refractivity contribution >= 4 is 0 Å². The van der Waals surface area contributed by atoms with Crippen molar-refractivity contribution in [2.45, 2.75) is 50.7 Å². The lowest BCUT2D eigenvalue weighted by Crippen LogP contribution is -2.26. The minimum absolute atomic E-state index is 0.261. The van der Waals surface area contributed by atoms with E-state index in [0.717, 1.165) is 31.7 Å². The number of rotatable bonds is 3. The zero-order valence-electron chi connectivity index (χ0n) is 12.9. The Hall–Kier alpha value is -1.75. The molecular formula is C18H20F2N2O. The van der Waals surface area contributed by atoms with Crippen LogP contribution in [0, 0.1) is 17.6 Å². The van der Waals surface area contributed by atoms with Crippen LogP contribution in [-0.2, 0) is 0 Å². The molecule has 1 aliphatic carbocycles. The molecule has 0 bridgehead atoms. The molecule has 2 aliphatic rings. The molecule has 3 nitrogen and oxygen atoms in total. The third-order valence-corrected chi connectivity index (χ3v) is 5.39. The van der Waals surface area contributed by atoms with Crippen LogP contribution >= 0.6 is 0 Å². The van der Waals surface area contributed by atoms with Crippen molar-refractivity contribution in [3.63, 3.8) is 0 Å². The van der Waals surface area contributed by atoms with Gasteiger partial charge in [0.05, 0.1) is 30.4 Å². The summed E-state index contributed by atoms with van der Waals surface area (Å²) in [5.41, 5.74) is 1.25. The summed E-state index contributed by atoms with van der Waals surface area (Å²) in [6.07, 6.45) is 8.62. The summed E-state index contributed by atoms with van der Waals surface area (Å²) < 4.78 is 30.4. The molecule has 0 amide bonds. The molecule has 1 aromatic carbocycles. The van der Waals surface area contributed by atoms with Gasteiger partial charge in [-0.1, -0.05) is 19.3 Å². The Balaban J connectivity index is 1.69. The summed E-state index contributed by atoms with van der Waals surface area (Å²) in [5, 5.41) is 10.6. The van der Waals surface area contributed by atoms with Crippen LogP contribution in [0.5, 0.6) is 0 Å². The van der Waals surface area contributed by atoms with Gasteiger partial charge >= 0.3 is 0 Å². The topological polar surface area (TPSA) is 38.1 Å². The Kier molecular flexibility index (Phi) is 3.68. The van der Waals surface area contributed by atoms with Crippen LogP contribution in [0.1, 0.15) is 50.1 Å². The van der Waals surface area contributed by atoms with Crippen molar-refractivity contribution in [1.29, 1.82) is 0 Å². The Labute approximate surface area is 134 Å². The summed E-state index contributed by atoms with van der Waals surface area (Å²) in [7, 11) is 0. The van der Waals surface area contributed by atoms with E-state index < -0.39 is 17.7 Å². The molecule has 122 valence electrons. The highest BCUT2D eigenvalue weighted by atomic mass is 19.1. The van der Waals surface area contributed by atoms with Crippen molar-refractivity contribution in [1.82, 2.24) is 9.55 Å². The maximum absolute atomic E-state index is 14.4. The highest BCUT2D eigenvalue weighted by Crippen LogP contribution is 2.45. The molecule has 0 radical (unpaired) electrons. The van der Waals surface area contributed by atoms with Gasteiger partial charge in [-0.15, -0.1) is 0 Å². The van der Waals surface area contributed by atoms with Gasteiger partial charge in [0.25, 0.3) is 0 Å². The Morgan fingerprint density at radius 2 is 1.91 bits per heavy atom. The maximum atomic E-state index is 14.4. The van der Waals surface area contributed by atoms with E-state index >= 15 is 0 Å². The van der Waals surface area contributed by atoms with Crippen LogP contribution in [0.2, 0.25) is 0 Å². The number of imidazole rings is 1. The number of benzene rings is 1. The van der Waals surface area contributed by atoms with Gasteiger partial charge in [0.2, 0.25) is 0 Å². The van der Waals surface area contributed by atoms with E-state index in [9.17, 15) is 13.9 Å². The van der Waals surface area contributed by atoms with Gasteiger partial charge in [0.1, 0.15) is 11.6 Å². The second-order valence-corrected chi connectivity index (χ2v) is 6.72. The molecule has 4 rings (SSSR count). The first kappa shape index (κ1) is 14.8. The number of aliphatic hydroxyl groups excluding tert-OH is 1. The van der Waals surface area contributed by atoms with Crippen LogP contribution in [0.25, 0.3) is 11.3 Å². The molecule has 2 atom stereocenters. The number of hydrogen-bond acceptors (Lipinski definition) is 2. The molecule has 2 unspecified atom stereocenters. The average Bonchev–Trinajstić information content (AvgIpc) is 3.14. The first-order valence-electron chi connectivity index (χ1n) is 8.35. The normalized spacial score (nSPS) is 22.0. The number of nitrogens with zero attached hydrogens (tertiary/aromatic N) is 2. The van der Waals surface area contributed by atoms with E-state index in [-0.39, 0.29) is 12.0 Å². The van der Waals surface area contributed by atoms with Crippen LogP contribution in [-0.4, -0.2) is 20.8 Å². The Morgan fingerprint density at radius 1 is 1.17 bits per heavy atom. The Bertz CT molecular complexity index is 722. The fourth-order valence-electron chi connectivity index (χ4n) is 4.21. The van der Waals surface area contributed by atoms with Crippen molar-refractivity contribution in [2.24, 2.45) is 5.92 Å². The summed E-state index contributed by atoms with van der Waals surface area (Å²) in [4.78, 5) is 4.08. The van der Waals surface area contributed by atoms with Gasteiger partial charge in [-0.3, -0.25) is 0 Å². The predicted molar refractivity (Wildman–Crippen MR) is 82.9 cm³/mol. The number of halogens is 2. The largest absolute Gasteiger partial charge is 0.393 e. The van der Waals surface area contributed by atoms with Crippen LogP contribution in [0.3, 0.4) is 0 Å². The first-order valence-corrected chi connectivity index (χ1v) is 8.35. The second-order valence-electron chi connectivity index (χ2n) is 6.72. The smallest absolute Gasteiger partial charge is 0.133 e. The minimum Gasteiger partial charge on any atom is -0.393 e. The fraction of sp³-hybridized carbons (Fsp3) is 0.500. The zero-order valence-corrected chi connectivity index (χ0v) is 12.9. The van der Waals surface area contributed by atoms with Gasteiger partial charge in [-0.05, 0) is 37.3 Å². The second kappa shape index (κ2) is 5.71. The zero-order chi connectivity index (χ0) is 16.0. The minimum atomic E-state index is -0.496. The van der Waals surface area contributed by atoms with E-state index in [1.165, 1.54) is 12.5 Å². The molecule has 2 aromatic rings. The average molecular weight is 318 g/mol. The summed E-state index contributed by atoms with van der Waals surface area (Å²) in [6.45, 7) is 0. The highest BCUT2D eigenvalue weighted by molar-refractivity contribution is 5.70. The van der Waals surface area contributed by atoms with Gasteiger partial charge in [0, 0.05) is 11.1 Å². The molecule has 23 heavy (non-hydrogen) atoms. The van der Waals surface area contributed by atoms with Gasteiger partial charge < -0.3 is 9.67 Å². The molecule has 1 aromatic heterocycles. The molecule has 1 aliphatic heterocycles.